The highest BCUT2D eigenvalue weighted by atomic mass is 32.2. The number of aromatic nitrogens is 1. The molecule has 0 atom stereocenters. The van der Waals surface area contributed by atoms with E-state index >= 15 is 0 Å². The van der Waals surface area contributed by atoms with Crippen LogP contribution in [0.15, 0.2) is 65.8 Å². The summed E-state index contributed by atoms with van der Waals surface area (Å²) in [6.07, 6.45) is 3.90. The molecule has 0 unspecified atom stereocenters. The van der Waals surface area contributed by atoms with Crippen molar-refractivity contribution < 1.29 is 17.9 Å². The number of carbonyl (C=O) groups is 1. The number of amides is 1. The van der Waals surface area contributed by atoms with Crippen molar-refractivity contribution in [3.8, 4) is 5.75 Å². The molecule has 1 aromatic heterocycles. The average Bonchev–Trinajstić information content (AvgIpc) is 3.19. The minimum atomic E-state index is -3.96. The second-order valence-corrected chi connectivity index (χ2v) is 8.73. The fraction of sp³-hybridized carbons (Fsp3) is 0.182. The first-order valence-electron chi connectivity index (χ1n) is 9.49. The Morgan fingerprint density at radius 1 is 1.13 bits per heavy atom. The van der Waals surface area contributed by atoms with Gasteiger partial charge in [-0.2, -0.15) is 0 Å². The van der Waals surface area contributed by atoms with Crippen LogP contribution in [0.1, 0.15) is 27.0 Å². The van der Waals surface area contributed by atoms with E-state index in [-0.39, 0.29) is 17.0 Å². The number of ether oxygens (including phenoxy) is 1. The number of aryl methyl sites for hydroxylation is 1. The zero-order chi connectivity index (χ0) is 21.1. The van der Waals surface area contributed by atoms with Crippen LogP contribution in [0.3, 0.4) is 0 Å². The number of carbonyl (C=O) groups excluding carboxylic acids is 1. The third-order valence-corrected chi connectivity index (χ3v) is 6.19. The lowest BCUT2D eigenvalue weighted by atomic mass is 10.1. The number of fused-ring (bicyclic) bond motifs is 1. The molecule has 1 aliphatic heterocycles. The molecule has 0 fully saturated rings. The van der Waals surface area contributed by atoms with Gasteiger partial charge in [0.25, 0.3) is 15.9 Å². The number of hydrogen-bond acceptors (Lipinski definition) is 5. The van der Waals surface area contributed by atoms with Gasteiger partial charge in [-0.1, -0.05) is 24.3 Å². The highest BCUT2D eigenvalue weighted by molar-refractivity contribution is 7.92. The number of pyridine rings is 1. The number of sulfonamides is 1. The summed E-state index contributed by atoms with van der Waals surface area (Å²) in [5.74, 6) is 0.410. The largest absolute Gasteiger partial charge is 0.493 e. The van der Waals surface area contributed by atoms with Crippen LogP contribution in [0.4, 0.5) is 5.69 Å². The molecule has 0 aliphatic carbocycles. The lowest BCUT2D eigenvalue weighted by molar-refractivity contribution is 0.0947. The molecule has 2 N–H and O–H groups in total. The summed E-state index contributed by atoms with van der Waals surface area (Å²) in [5, 5.41) is 2.81. The molecule has 154 valence electrons. The first-order valence-corrected chi connectivity index (χ1v) is 11.0. The van der Waals surface area contributed by atoms with Crippen LogP contribution >= 0.6 is 0 Å². The Balaban J connectivity index is 1.52. The van der Waals surface area contributed by atoms with Crippen molar-refractivity contribution in [2.75, 3.05) is 11.3 Å². The third-order valence-electron chi connectivity index (χ3n) is 4.76. The van der Waals surface area contributed by atoms with E-state index in [1.807, 2.05) is 25.1 Å². The zero-order valence-corrected chi connectivity index (χ0v) is 17.2. The zero-order valence-electron chi connectivity index (χ0n) is 16.4. The monoisotopic (exact) mass is 423 g/mol. The van der Waals surface area contributed by atoms with Gasteiger partial charge in [0.2, 0.25) is 0 Å². The van der Waals surface area contributed by atoms with Gasteiger partial charge in [-0.25, -0.2) is 8.42 Å². The van der Waals surface area contributed by atoms with E-state index in [0.717, 1.165) is 28.9 Å². The van der Waals surface area contributed by atoms with Crippen molar-refractivity contribution in [1.82, 2.24) is 10.3 Å². The van der Waals surface area contributed by atoms with Crippen LogP contribution in [0, 0.1) is 6.92 Å². The van der Waals surface area contributed by atoms with Crippen LogP contribution in [0.25, 0.3) is 0 Å². The predicted molar refractivity (Wildman–Crippen MR) is 113 cm³/mol. The SMILES string of the molecule is Cc1cncc(NS(=O)(=O)c2ccccc2C(=O)NCc2ccc3c(c2)CCO3)c1. The molecule has 1 amide bonds. The Labute approximate surface area is 175 Å². The van der Waals surface area contributed by atoms with Crippen molar-refractivity contribution in [2.24, 2.45) is 0 Å². The van der Waals surface area contributed by atoms with Gasteiger partial charge in [-0.3, -0.25) is 14.5 Å². The summed E-state index contributed by atoms with van der Waals surface area (Å²) in [6, 6.07) is 13.6. The van der Waals surface area contributed by atoms with E-state index in [9.17, 15) is 13.2 Å². The Bertz CT molecular complexity index is 1210. The summed E-state index contributed by atoms with van der Waals surface area (Å²) >= 11 is 0. The highest BCUT2D eigenvalue weighted by Crippen LogP contribution is 2.26. The first kappa shape index (κ1) is 19.9. The van der Waals surface area contributed by atoms with Gasteiger partial charge in [-0.05, 0) is 47.9 Å². The highest BCUT2D eigenvalue weighted by Gasteiger charge is 2.22. The molecular weight excluding hydrogens is 402 g/mol. The topological polar surface area (TPSA) is 97.4 Å². The van der Waals surface area contributed by atoms with Crippen LogP contribution in [0.5, 0.6) is 5.75 Å². The molecule has 2 heterocycles. The molecule has 0 saturated heterocycles. The Kier molecular flexibility index (Phi) is 5.41. The summed E-state index contributed by atoms with van der Waals surface area (Å²) in [5.41, 5.74) is 3.28. The number of nitrogens with one attached hydrogen (secondary N) is 2. The molecule has 0 spiro atoms. The lowest BCUT2D eigenvalue weighted by Crippen LogP contribution is -2.26. The van der Waals surface area contributed by atoms with Gasteiger partial charge < -0.3 is 10.1 Å². The minimum Gasteiger partial charge on any atom is -0.493 e. The molecule has 1 aliphatic rings. The van der Waals surface area contributed by atoms with Gasteiger partial charge in [0.1, 0.15) is 10.6 Å². The summed E-state index contributed by atoms with van der Waals surface area (Å²) in [6.45, 7) is 2.77. The summed E-state index contributed by atoms with van der Waals surface area (Å²) in [4.78, 5) is 16.7. The first-order chi connectivity index (χ1) is 14.4. The van der Waals surface area contributed by atoms with Gasteiger partial charge in [0, 0.05) is 19.2 Å². The van der Waals surface area contributed by atoms with E-state index in [0.29, 0.717) is 12.3 Å². The molecule has 0 saturated carbocycles. The fourth-order valence-corrected chi connectivity index (χ4v) is 4.58. The maximum atomic E-state index is 12.9. The summed E-state index contributed by atoms with van der Waals surface area (Å²) in [7, 11) is -3.96. The van der Waals surface area contributed by atoms with E-state index in [1.54, 1.807) is 24.4 Å². The maximum absolute atomic E-state index is 12.9. The van der Waals surface area contributed by atoms with Gasteiger partial charge in [-0.15, -0.1) is 0 Å². The van der Waals surface area contributed by atoms with Crippen LogP contribution in [-0.2, 0) is 23.0 Å². The number of nitrogens with zero attached hydrogens (tertiary/aromatic N) is 1. The van der Waals surface area contributed by atoms with Crippen molar-refractivity contribution in [3.05, 3.63) is 83.2 Å². The molecule has 30 heavy (non-hydrogen) atoms. The number of rotatable bonds is 6. The smallest absolute Gasteiger partial charge is 0.262 e. The lowest BCUT2D eigenvalue weighted by Gasteiger charge is -2.13. The number of hydrogen-bond donors (Lipinski definition) is 2. The van der Waals surface area contributed by atoms with Crippen molar-refractivity contribution >= 4 is 21.6 Å². The molecule has 0 radical (unpaired) electrons. The second kappa shape index (κ2) is 8.16. The van der Waals surface area contributed by atoms with Crippen LogP contribution in [0.2, 0.25) is 0 Å². The molecule has 0 bridgehead atoms. The van der Waals surface area contributed by atoms with Gasteiger partial charge in [0.15, 0.2) is 0 Å². The van der Waals surface area contributed by atoms with Crippen molar-refractivity contribution in [3.63, 3.8) is 0 Å². The molecule has 7 nitrogen and oxygen atoms in total. The fourth-order valence-electron chi connectivity index (χ4n) is 3.34. The van der Waals surface area contributed by atoms with Crippen LogP contribution in [-0.4, -0.2) is 25.9 Å². The van der Waals surface area contributed by atoms with E-state index in [1.165, 1.54) is 18.3 Å². The van der Waals surface area contributed by atoms with Crippen molar-refractivity contribution in [1.29, 1.82) is 0 Å². The minimum absolute atomic E-state index is 0.0788. The standard InChI is InChI=1S/C22H21N3O4S/c1-15-10-18(14-23-12-15)25-30(27,28)21-5-3-2-4-19(21)22(26)24-13-16-6-7-20-17(11-16)8-9-29-20/h2-7,10-12,14,25H,8-9,13H2,1H3,(H,24,26). The predicted octanol–water partition coefficient (Wildman–Crippen LogP) is 3.06. The quantitative estimate of drug-likeness (QED) is 0.635. The number of anilines is 1. The van der Waals surface area contributed by atoms with Crippen LogP contribution < -0.4 is 14.8 Å². The van der Waals surface area contributed by atoms with E-state index in [2.05, 4.69) is 15.0 Å². The normalized spacial score (nSPS) is 12.7. The Morgan fingerprint density at radius 2 is 1.97 bits per heavy atom. The molecule has 8 heteroatoms. The Hall–Kier alpha value is -3.39. The summed E-state index contributed by atoms with van der Waals surface area (Å²) < 4.78 is 33.8. The maximum Gasteiger partial charge on any atom is 0.262 e. The third kappa shape index (κ3) is 4.28. The number of benzene rings is 2. The van der Waals surface area contributed by atoms with E-state index in [4.69, 9.17) is 4.74 Å². The molecule has 2 aromatic carbocycles. The van der Waals surface area contributed by atoms with Crippen molar-refractivity contribution in [2.45, 2.75) is 24.8 Å². The second-order valence-electron chi connectivity index (χ2n) is 7.08. The average molecular weight is 423 g/mol. The van der Waals surface area contributed by atoms with Gasteiger partial charge >= 0.3 is 0 Å². The Morgan fingerprint density at radius 3 is 2.80 bits per heavy atom. The molecule has 3 aromatic rings. The molecule has 4 rings (SSSR count). The molecular formula is C22H21N3O4S. The van der Waals surface area contributed by atoms with Gasteiger partial charge in [0.05, 0.1) is 24.1 Å². The van der Waals surface area contributed by atoms with E-state index < -0.39 is 15.9 Å².